The van der Waals surface area contributed by atoms with Crippen LogP contribution >= 0.6 is 0 Å². The average molecular weight is 290 g/mol. The molecule has 0 bridgehead atoms. The molecule has 0 aliphatic carbocycles. The Hall–Kier alpha value is -2.21. The molecule has 0 saturated heterocycles. The summed E-state index contributed by atoms with van der Waals surface area (Å²) in [6, 6.07) is 8.34. The Balaban J connectivity index is 1.95. The number of halogens is 1. The number of anilines is 2. The van der Waals surface area contributed by atoms with E-state index in [0.29, 0.717) is 19.0 Å². The molecule has 0 atom stereocenters. The standard InChI is InChI=1S/C15H19FN4O/c1-17-13-9-14(20-15(19-13)10-21-2)18-8-7-11-3-5-12(16)6-4-11/h3-6,9H,7-8,10H2,1-2H3,(H2,17,18,19,20). The Morgan fingerprint density at radius 1 is 1.14 bits per heavy atom. The SMILES string of the molecule is CNc1cc(NCCc2ccc(F)cc2)nc(COC)n1. The van der Waals surface area contributed by atoms with Gasteiger partial charge in [0.1, 0.15) is 24.1 Å². The number of benzene rings is 1. The highest BCUT2D eigenvalue weighted by Gasteiger charge is 2.03. The number of rotatable bonds is 7. The summed E-state index contributed by atoms with van der Waals surface area (Å²) < 4.78 is 17.9. The van der Waals surface area contributed by atoms with E-state index in [1.54, 1.807) is 26.3 Å². The van der Waals surface area contributed by atoms with Crippen LogP contribution in [-0.4, -0.2) is 30.7 Å². The third-order valence-electron chi connectivity index (χ3n) is 2.94. The highest BCUT2D eigenvalue weighted by Crippen LogP contribution is 2.12. The second kappa shape index (κ2) is 7.54. The van der Waals surface area contributed by atoms with Gasteiger partial charge in [0.15, 0.2) is 5.82 Å². The van der Waals surface area contributed by atoms with E-state index >= 15 is 0 Å². The predicted octanol–water partition coefficient (Wildman–Crippen LogP) is 2.46. The van der Waals surface area contributed by atoms with Crippen LogP contribution in [0.2, 0.25) is 0 Å². The van der Waals surface area contributed by atoms with Gasteiger partial charge in [-0.15, -0.1) is 0 Å². The van der Waals surface area contributed by atoms with Gasteiger partial charge in [-0.1, -0.05) is 12.1 Å². The summed E-state index contributed by atoms with van der Waals surface area (Å²) in [6.07, 6.45) is 0.790. The summed E-state index contributed by atoms with van der Waals surface area (Å²) in [4.78, 5) is 8.66. The van der Waals surface area contributed by atoms with Gasteiger partial charge in [-0.25, -0.2) is 14.4 Å². The van der Waals surface area contributed by atoms with E-state index in [4.69, 9.17) is 4.74 Å². The number of hydrogen-bond acceptors (Lipinski definition) is 5. The fraction of sp³-hybridized carbons (Fsp3) is 0.333. The first-order valence-corrected chi connectivity index (χ1v) is 6.74. The van der Waals surface area contributed by atoms with Crippen molar-refractivity contribution in [3.63, 3.8) is 0 Å². The Bertz CT molecular complexity index is 574. The molecular weight excluding hydrogens is 271 g/mol. The minimum absolute atomic E-state index is 0.217. The number of ether oxygens (including phenoxy) is 1. The number of nitrogens with zero attached hydrogens (tertiary/aromatic N) is 2. The molecule has 0 saturated carbocycles. The molecular formula is C15H19FN4O. The minimum atomic E-state index is -0.217. The zero-order chi connectivity index (χ0) is 15.1. The molecule has 0 aliphatic rings. The van der Waals surface area contributed by atoms with E-state index in [-0.39, 0.29) is 5.82 Å². The Morgan fingerprint density at radius 3 is 2.52 bits per heavy atom. The summed E-state index contributed by atoms with van der Waals surface area (Å²) in [5.74, 6) is 1.88. The molecule has 2 N–H and O–H groups in total. The van der Waals surface area contributed by atoms with Crippen molar-refractivity contribution in [2.24, 2.45) is 0 Å². The van der Waals surface area contributed by atoms with Crippen LogP contribution in [0.3, 0.4) is 0 Å². The summed E-state index contributed by atoms with van der Waals surface area (Å²) in [6.45, 7) is 1.07. The highest BCUT2D eigenvalue weighted by molar-refractivity contribution is 5.47. The molecule has 0 aliphatic heterocycles. The lowest BCUT2D eigenvalue weighted by atomic mass is 10.1. The second-order valence-electron chi connectivity index (χ2n) is 4.54. The quantitative estimate of drug-likeness (QED) is 0.820. The van der Waals surface area contributed by atoms with Gasteiger partial charge in [0.05, 0.1) is 0 Å². The summed E-state index contributed by atoms with van der Waals surface area (Å²) >= 11 is 0. The summed E-state index contributed by atoms with van der Waals surface area (Å²) in [7, 11) is 3.41. The van der Waals surface area contributed by atoms with Crippen molar-refractivity contribution in [3.05, 3.63) is 47.5 Å². The molecule has 1 heterocycles. The normalized spacial score (nSPS) is 10.4. The summed E-state index contributed by atoms with van der Waals surface area (Å²) in [5.41, 5.74) is 1.07. The van der Waals surface area contributed by atoms with E-state index in [9.17, 15) is 4.39 Å². The Labute approximate surface area is 123 Å². The van der Waals surface area contributed by atoms with Crippen molar-refractivity contribution in [1.82, 2.24) is 9.97 Å². The van der Waals surface area contributed by atoms with Crippen molar-refractivity contribution in [3.8, 4) is 0 Å². The van der Waals surface area contributed by atoms with Gasteiger partial charge in [-0.2, -0.15) is 0 Å². The van der Waals surface area contributed by atoms with Gasteiger partial charge in [0, 0.05) is 26.8 Å². The largest absolute Gasteiger partial charge is 0.377 e. The zero-order valence-electron chi connectivity index (χ0n) is 12.2. The molecule has 1 aromatic carbocycles. The van der Waals surface area contributed by atoms with Gasteiger partial charge in [-0.3, -0.25) is 0 Å². The van der Waals surface area contributed by atoms with Crippen molar-refractivity contribution >= 4 is 11.6 Å². The third-order valence-corrected chi connectivity index (χ3v) is 2.94. The lowest BCUT2D eigenvalue weighted by Gasteiger charge is -2.09. The molecule has 2 aromatic rings. The first-order chi connectivity index (χ1) is 10.2. The topological polar surface area (TPSA) is 59.1 Å². The van der Waals surface area contributed by atoms with Crippen molar-refractivity contribution in [2.45, 2.75) is 13.0 Å². The van der Waals surface area contributed by atoms with Crippen molar-refractivity contribution in [1.29, 1.82) is 0 Å². The number of nitrogens with one attached hydrogen (secondary N) is 2. The lowest BCUT2D eigenvalue weighted by molar-refractivity contribution is 0.178. The maximum atomic E-state index is 12.8. The molecule has 0 radical (unpaired) electrons. The molecule has 0 spiro atoms. The zero-order valence-corrected chi connectivity index (χ0v) is 12.2. The van der Waals surface area contributed by atoms with Crippen LogP contribution in [0.4, 0.5) is 16.0 Å². The highest BCUT2D eigenvalue weighted by atomic mass is 19.1. The van der Waals surface area contributed by atoms with Gasteiger partial charge in [0.2, 0.25) is 0 Å². The Kier molecular flexibility index (Phi) is 5.45. The van der Waals surface area contributed by atoms with Crippen LogP contribution in [0.1, 0.15) is 11.4 Å². The Morgan fingerprint density at radius 2 is 1.86 bits per heavy atom. The first kappa shape index (κ1) is 15.2. The molecule has 1 aromatic heterocycles. The lowest BCUT2D eigenvalue weighted by Crippen LogP contribution is -2.10. The van der Waals surface area contributed by atoms with Gasteiger partial charge in [0.25, 0.3) is 0 Å². The fourth-order valence-electron chi connectivity index (χ4n) is 1.90. The maximum Gasteiger partial charge on any atom is 0.158 e. The van der Waals surface area contributed by atoms with Crippen LogP contribution in [-0.2, 0) is 17.8 Å². The second-order valence-corrected chi connectivity index (χ2v) is 4.54. The summed E-state index contributed by atoms with van der Waals surface area (Å²) in [5, 5.41) is 6.23. The predicted molar refractivity (Wildman–Crippen MR) is 80.9 cm³/mol. The maximum absolute atomic E-state index is 12.8. The van der Waals surface area contributed by atoms with Crippen LogP contribution < -0.4 is 10.6 Å². The molecule has 2 rings (SSSR count). The van der Waals surface area contributed by atoms with E-state index in [1.165, 1.54) is 12.1 Å². The van der Waals surface area contributed by atoms with Crippen LogP contribution in [0.25, 0.3) is 0 Å². The molecule has 112 valence electrons. The molecule has 0 amide bonds. The van der Waals surface area contributed by atoms with Gasteiger partial charge < -0.3 is 15.4 Å². The van der Waals surface area contributed by atoms with E-state index < -0.39 is 0 Å². The van der Waals surface area contributed by atoms with Crippen molar-refractivity contribution in [2.75, 3.05) is 31.3 Å². The molecule has 0 fully saturated rings. The monoisotopic (exact) mass is 290 g/mol. The average Bonchev–Trinajstić information content (AvgIpc) is 2.49. The van der Waals surface area contributed by atoms with Crippen LogP contribution in [0.15, 0.2) is 30.3 Å². The third kappa shape index (κ3) is 4.68. The number of aromatic nitrogens is 2. The molecule has 5 nitrogen and oxygen atoms in total. The smallest absolute Gasteiger partial charge is 0.158 e. The van der Waals surface area contributed by atoms with E-state index in [0.717, 1.165) is 23.6 Å². The van der Waals surface area contributed by atoms with E-state index in [1.807, 2.05) is 6.07 Å². The van der Waals surface area contributed by atoms with E-state index in [2.05, 4.69) is 20.6 Å². The van der Waals surface area contributed by atoms with Gasteiger partial charge >= 0.3 is 0 Å². The first-order valence-electron chi connectivity index (χ1n) is 6.74. The molecule has 0 unspecified atom stereocenters. The van der Waals surface area contributed by atoms with Gasteiger partial charge in [-0.05, 0) is 24.1 Å². The molecule has 6 heteroatoms. The number of methoxy groups -OCH3 is 1. The minimum Gasteiger partial charge on any atom is -0.377 e. The van der Waals surface area contributed by atoms with Crippen LogP contribution in [0, 0.1) is 5.82 Å². The van der Waals surface area contributed by atoms with Crippen LogP contribution in [0.5, 0.6) is 0 Å². The fourth-order valence-corrected chi connectivity index (χ4v) is 1.90. The van der Waals surface area contributed by atoms with Crippen molar-refractivity contribution < 1.29 is 9.13 Å². The molecule has 21 heavy (non-hydrogen) atoms. The number of hydrogen-bond donors (Lipinski definition) is 2.